The molecule has 3 nitrogen and oxygen atoms in total. The predicted molar refractivity (Wildman–Crippen MR) is 70.3 cm³/mol. The molecule has 0 radical (unpaired) electrons. The number of carbonyl (C=O) groups is 1. The summed E-state index contributed by atoms with van der Waals surface area (Å²) in [4.78, 5) is 13.8. The summed E-state index contributed by atoms with van der Waals surface area (Å²) in [5.41, 5.74) is 0.709. The molecule has 0 saturated carbocycles. The van der Waals surface area contributed by atoms with Crippen LogP contribution in [0.15, 0.2) is 24.3 Å². The van der Waals surface area contributed by atoms with Gasteiger partial charge in [-0.05, 0) is 53.6 Å². The Balaban J connectivity index is 2.12. The van der Waals surface area contributed by atoms with E-state index in [4.69, 9.17) is 0 Å². The van der Waals surface area contributed by atoms with Crippen LogP contribution >= 0.6 is 22.6 Å². The minimum atomic E-state index is -0.361. The molecule has 1 saturated heterocycles. The van der Waals surface area contributed by atoms with Crippen molar-refractivity contribution in [2.24, 2.45) is 0 Å². The first-order valence-corrected chi connectivity index (χ1v) is 6.47. The van der Waals surface area contributed by atoms with Gasteiger partial charge in [0.1, 0.15) is 0 Å². The van der Waals surface area contributed by atoms with Crippen LogP contribution in [0.25, 0.3) is 0 Å². The van der Waals surface area contributed by atoms with E-state index in [1.807, 2.05) is 24.3 Å². The largest absolute Gasteiger partial charge is 0.391 e. The van der Waals surface area contributed by atoms with E-state index in [-0.39, 0.29) is 12.0 Å². The van der Waals surface area contributed by atoms with Gasteiger partial charge in [-0.15, -0.1) is 0 Å². The van der Waals surface area contributed by atoms with Crippen molar-refractivity contribution in [3.05, 3.63) is 33.4 Å². The van der Waals surface area contributed by atoms with Gasteiger partial charge in [0, 0.05) is 22.2 Å². The lowest BCUT2D eigenvalue weighted by atomic mass is 10.1. The molecule has 0 spiro atoms. The van der Waals surface area contributed by atoms with Crippen molar-refractivity contribution < 1.29 is 9.90 Å². The molecule has 1 aliphatic heterocycles. The first-order valence-electron chi connectivity index (χ1n) is 5.40. The molecule has 1 atom stereocenters. The Kier molecular flexibility index (Phi) is 3.81. The van der Waals surface area contributed by atoms with Crippen LogP contribution in [-0.4, -0.2) is 35.1 Å². The van der Waals surface area contributed by atoms with Crippen molar-refractivity contribution in [3.8, 4) is 0 Å². The Morgan fingerprint density at radius 3 is 3.00 bits per heavy atom. The van der Waals surface area contributed by atoms with E-state index < -0.39 is 0 Å². The number of piperidine rings is 1. The maximum atomic E-state index is 12.1. The van der Waals surface area contributed by atoms with Crippen LogP contribution in [-0.2, 0) is 0 Å². The number of halogens is 1. The number of aliphatic hydroxyl groups excluding tert-OH is 1. The summed E-state index contributed by atoms with van der Waals surface area (Å²) < 4.78 is 1.06. The standard InChI is InChI=1S/C12H14INO2/c13-10-4-1-3-9(7-10)12(16)14-6-2-5-11(15)8-14/h1,3-4,7,11,15H,2,5-6,8H2/t11-/m0/s1. The number of amides is 1. The van der Waals surface area contributed by atoms with E-state index in [9.17, 15) is 9.90 Å². The number of rotatable bonds is 1. The quantitative estimate of drug-likeness (QED) is 0.799. The van der Waals surface area contributed by atoms with Crippen LogP contribution in [0.1, 0.15) is 23.2 Å². The lowest BCUT2D eigenvalue weighted by molar-refractivity contribution is 0.0473. The van der Waals surface area contributed by atoms with Gasteiger partial charge in [-0.3, -0.25) is 4.79 Å². The van der Waals surface area contributed by atoms with E-state index in [0.717, 1.165) is 23.0 Å². The van der Waals surface area contributed by atoms with Crippen LogP contribution < -0.4 is 0 Å². The number of benzene rings is 1. The van der Waals surface area contributed by atoms with E-state index in [1.165, 1.54) is 0 Å². The van der Waals surface area contributed by atoms with Gasteiger partial charge in [0.05, 0.1) is 6.10 Å². The molecular weight excluding hydrogens is 317 g/mol. The normalized spacial score (nSPS) is 20.9. The average molecular weight is 331 g/mol. The van der Waals surface area contributed by atoms with Gasteiger partial charge in [0.2, 0.25) is 0 Å². The summed E-state index contributed by atoms with van der Waals surface area (Å²) in [5, 5.41) is 9.53. The van der Waals surface area contributed by atoms with Crippen LogP contribution in [0.3, 0.4) is 0 Å². The lowest BCUT2D eigenvalue weighted by Gasteiger charge is -2.30. The molecule has 1 fully saturated rings. The zero-order valence-electron chi connectivity index (χ0n) is 8.90. The zero-order valence-corrected chi connectivity index (χ0v) is 11.1. The monoisotopic (exact) mass is 331 g/mol. The van der Waals surface area contributed by atoms with Crippen LogP contribution in [0.5, 0.6) is 0 Å². The second-order valence-electron chi connectivity index (χ2n) is 4.06. The molecule has 1 aromatic carbocycles. The zero-order chi connectivity index (χ0) is 11.5. The molecule has 0 aliphatic carbocycles. The third-order valence-corrected chi connectivity index (χ3v) is 3.43. The van der Waals surface area contributed by atoms with Crippen LogP contribution in [0, 0.1) is 3.57 Å². The lowest BCUT2D eigenvalue weighted by Crippen LogP contribution is -2.42. The first kappa shape index (κ1) is 11.9. The van der Waals surface area contributed by atoms with Crippen LogP contribution in [0.4, 0.5) is 0 Å². The maximum Gasteiger partial charge on any atom is 0.253 e. The number of carbonyl (C=O) groups excluding carboxylic acids is 1. The number of aliphatic hydroxyl groups is 1. The smallest absolute Gasteiger partial charge is 0.253 e. The van der Waals surface area contributed by atoms with Crippen molar-refractivity contribution in [2.75, 3.05) is 13.1 Å². The Morgan fingerprint density at radius 1 is 1.50 bits per heavy atom. The predicted octanol–water partition coefficient (Wildman–Crippen LogP) is 1.89. The molecule has 4 heteroatoms. The van der Waals surface area contributed by atoms with Gasteiger partial charge in [0.25, 0.3) is 5.91 Å². The summed E-state index contributed by atoms with van der Waals surface area (Å²) in [6, 6.07) is 7.55. The fraction of sp³-hybridized carbons (Fsp3) is 0.417. The second-order valence-corrected chi connectivity index (χ2v) is 5.30. The first-order chi connectivity index (χ1) is 7.66. The Labute approximate surface area is 109 Å². The minimum absolute atomic E-state index is 0.0252. The molecule has 86 valence electrons. The van der Waals surface area contributed by atoms with Gasteiger partial charge < -0.3 is 10.0 Å². The molecule has 1 amide bonds. The number of hydrogen-bond donors (Lipinski definition) is 1. The summed E-state index contributed by atoms with van der Waals surface area (Å²) in [5.74, 6) is 0.0252. The molecule has 0 aromatic heterocycles. The van der Waals surface area contributed by atoms with E-state index >= 15 is 0 Å². The number of nitrogens with zero attached hydrogens (tertiary/aromatic N) is 1. The third-order valence-electron chi connectivity index (χ3n) is 2.76. The number of likely N-dealkylation sites (tertiary alicyclic amines) is 1. The molecule has 1 N–H and O–H groups in total. The van der Waals surface area contributed by atoms with Gasteiger partial charge in [-0.2, -0.15) is 0 Å². The maximum absolute atomic E-state index is 12.1. The molecule has 1 aromatic rings. The van der Waals surface area contributed by atoms with Gasteiger partial charge >= 0.3 is 0 Å². The molecule has 1 aliphatic rings. The Bertz CT molecular complexity index is 394. The Hall–Kier alpha value is -0.620. The summed E-state index contributed by atoms with van der Waals surface area (Å²) >= 11 is 2.19. The van der Waals surface area contributed by atoms with E-state index in [1.54, 1.807) is 4.90 Å². The van der Waals surface area contributed by atoms with Crippen molar-refractivity contribution in [3.63, 3.8) is 0 Å². The highest BCUT2D eigenvalue weighted by atomic mass is 127. The van der Waals surface area contributed by atoms with E-state index in [2.05, 4.69) is 22.6 Å². The highest BCUT2D eigenvalue weighted by Gasteiger charge is 2.22. The third kappa shape index (κ3) is 2.74. The van der Waals surface area contributed by atoms with E-state index in [0.29, 0.717) is 12.1 Å². The average Bonchev–Trinajstić information content (AvgIpc) is 2.28. The van der Waals surface area contributed by atoms with Crippen molar-refractivity contribution in [1.82, 2.24) is 4.90 Å². The molecule has 16 heavy (non-hydrogen) atoms. The summed E-state index contributed by atoms with van der Waals surface area (Å²) in [6.45, 7) is 1.21. The highest BCUT2D eigenvalue weighted by molar-refractivity contribution is 14.1. The van der Waals surface area contributed by atoms with Gasteiger partial charge in [0.15, 0.2) is 0 Å². The van der Waals surface area contributed by atoms with Crippen molar-refractivity contribution >= 4 is 28.5 Å². The molecule has 1 heterocycles. The fourth-order valence-corrected chi connectivity index (χ4v) is 2.49. The molecule has 0 bridgehead atoms. The fourth-order valence-electron chi connectivity index (χ4n) is 1.94. The molecular formula is C12H14INO2. The highest BCUT2D eigenvalue weighted by Crippen LogP contribution is 2.15. The number of β-amino-alcohol motifs (C(OH)–C–C–N with tert-alkyl or cyclic N) is 1. The minimum Gasteiger partial charge on any atom is -0.391 e. The van der Waals surface area contributed by atoms with Gasteiger partial charge in [-0.1, -0.05) is 6.07 Å². The topological polar surface area (TPSA) is 40.5 Å². The van der Waals surface area contributed by atoms with Crippen molar-refractivity contribution in [1.29, 1.82) is 0 Å². The van der Waals surface area contributed by atoms with Gasteiger partial charge in [-0.25, -0.2) is 0 Å². The summed E-state index contributed by atoms with van der Waals surface area (Å²) in [6.07, 6.45) is 1.33. The van der Waals surface area contributed by atoms with Crippen LogP contribution in [0.2, 0.25) is 0 Å². The Morgan fingerprint density at radius 2 is 2.31 bits per heavy atom. The number of hydrogen-bond acceptors (Lipinski definition) is 2. The molecule has 0 unspecified atom stereocenters. The second kappa shape index (κ2) is 5.14. The molecule has 2 rings (SSSR count). The summed E-state index contributed by atoms with van der Waals surface area (Å²) in [7, 11) is 0. The SMILES string of the molecule is O=C(c1cccc(I)c1)N1CCC[C@H](O)C1. The van der Waals surface area contributed by atoms with Crippen molar-refractivity contribution in [2.45, 2.75) is 18.9 Å².